The molecule has 0 aliphatic carbocycles. The summed E-state index contributed by atoms with van der Waals surface area (Å²) in [7, 11) is 0. The molecule has 0 spiro atoms. The molecule has 5 heteroatoms. The Morgan fingerprint density at radius 1 is 1.35 bits per heavy atom. The van der Waals surface area contributed by atoms with Gasteiger partial charge in [0.25, 0.3) is 0 Å². The number of carboxylic acid groups (broad SMARTS) is 1. The monoisotopic (exact) mass is 291 g/mol. The number of aromatic carboxylic acids is 1. The van der Waals surface area contributed by atoms with Gasteiger partial charge in [0.15, 0.2) is 0 Å². The quantitative estimate of drug-likeness (QED) is 0.879. The molecule has 1 aromatic heterocycles. The first-order valence-corrected chi connectivity index (χ1v) is 7.21. The second kappa shape index (κ2) is 5.96. The van der Waals surface area contributed by atoms with E-state index in [9.17, 15) is 9.90 Å². The summed E-state index contributed by atoms with van der Waals surface area (Å²) in [6, 6.07) is 7.44. The molecule has 0 aliphatic heterocycles. The van der Waals surface area contributed by atoms with Crippen molar-refractivity contribution in [2.75, 3.05) is 12.3 Å². The molecule has 0 saturated heterocycles. The van der Waals surface area contributed by atoms with Crippen molar-refractivity contribution < 1.29 is 14.6 Å². The highest BCUT2D eigenvalue weighted by molar-refractivity contribution is 7.16. The second-order valence-corrected chi connectivity index (χ2v) is 5.71. The number of nitrogen functional groups attached to an aromatic ring is 1. The molecular formula is C15H17NO3S. The standard InChI is InChI=1S/C15H17NO3S/c1-3-8-19-11-6-4-10(5-7-11)12-9(2)20-14(16)13(12)15(17)18/h4-7H,3,8,16H2,1-2H3,(H,17,18). The van der Waals surface area contributed by atoms with Crippen molar-refractivity contribution in [1.29, 1.82) is 0 Å². The summed E-state index contributed by atoms with van der Waals surface area (Å²) in [4.78, 5) is 12.2. The Labute approximate surface area is 121 Å². The van der Waals surface area contributed by atoms with Crippen LogP contribution >= 0.6 is 11.3 Å². The van der Waals surface area contributed by atoms with Crippen molar-refractivity contribution in [3.05, 3.63) is 34.7 Å². The maximum absolute atomic E-state index is 11.3. The molecule has 0 unspecified atom stereocenters. The Kier molecular flexibility index (Phi) is 4.29. The minimum atomic E-state index is -0.992. The fourth-order valence-electron chi connectivity index (χ4n) is 2.06. The van der Waals surface area contributed by atoms with Crippen LogP contribution < -0.4 is 10.5 Å². The molecule has 4 nitrogen and oxygen atoms in total. The number of anilines is 1. The minimum Gasteiger partial charge on any atom is -0.494 e. The summed E-state index contributed by atoms with van der Waals surface area (Å²) in [5, 5.41) is 9.64. The number of aryl methyl sites for hydroxylation is 1. The van der Waals surface area contributed by atoms with E-state index in [-0.39, 0.29) is 5.56 Å². The number of hydrogen-bond donors (Lipinski definition) is 2. The summed E-state index contributed by atoms with van der Waals surface area (Å²) < 4.78 is 5.52. The molecule has 0 bridgehead atoms. The minimum absolute atomic E-state index is 0.190. The topological polar surface area (TPSA) is 72.5 Å². The summed E-state index contributed by atoms with van der Waals surface area (Å²) in [5.41, 5.74) is 7.52. The summed E-state index contributed by atoms with van der Waals surface area (Å²) in [6.07, 6.45) is 0.949. The van der Waals surface area contributed by atoms with Crippen molar-refractivity contribution in [3.63, 3.8) is 0 Å². The van der Waals surface area contributed by atoms with E-state index in [2.05, 4.69) is 0 Å². The molecule has 20 heavy (non-hydrogen) atoms. The molecule has 0 radical (unpaired) electrons. The second-order valence-electron chi connectivity index (χ2n) is 4.45. The van der Waals surface area contributed by atoms with E-state index in [1.54, 1.807) is 0 Å². The molecule has 1 heterocycles. The van der Waals surface area contributed by atoms with Crippen molar-refractivity contribution in [1.82, 2.24) is 0 Å². The van der Waals surface area contributed by atoms with Crippen LogP contribution in [0.1, 0.15) is 28.6 Å². The van der Waals surface area contributed by atoms with Gasteiger partial charge in [-0.3, -0.25) is 0 Å². The highest BCUT2D eigenvalue weighted by Crippen LogP contribution is 2.38. The van der Waals surface area contributed by atoms with Crippen LogP contribution in [0.2, 0.25) is 0 Å². The van der Waals surface area contributed by atoms with E-state index >= 15 is 0 Å². The van der Waals surface area contributed by atoms with E-state index in [4.69, 9.17) is 10.5 Å². The largest absolute Gasteiger partial charge is 0.494 e. The lowest BCUT2D eigenvalue weighted by Gasteiger charge is -2.07. The molecular weight excluding hydrogens is 274 g/mol. The van der Waals surface area contributed by atoms with Crippen molar-refractivity contribution >= 4 is 22.3 Å². The first-order chi connectivity index (χ1) is 9.54. The molecule has 2 aromatic rings. The average molecular weight is 291 g/mol. The van der Waals surface area contributed by atoms with Gasteiger partial charge in [-0.2, -0.15) is 0 Å². The lowest BCUT2D eigenvalue weighted by atomic mass is 10.0. The Morgan fingerprint density at radius 3 is 2.55 bits per heavy atom. The maximum atomic E-state index is 11.3. The Hall–Kier alpha value is -2.01. The van der Waals surface area contributed by atoms with Gasteiger partial charge in [0, 0.05) is 10.4 Å². The molecule has 106 valence electrons. The van der Waals surface area contributed by atoms with Crippen LogP contribution in [0, 0.1) is 6.92 Å². The third kappa shape index (κ3) is 2.77. The van der Waals surface area contributed by atoms with Gasteiger partial charge in [0.2, 0.25) is 0 Å². The summed E-state index contributed by atoms with van der Waals surface area (Å²) in [5.74, 6) is -0.207. The van der Waals surface area contributed by atoms with Crippen LogP contribution in [0.25, 0.3) is 11.1 Å². The van der Waals surface area contributed by atoms with Crippen LogP contribution in [0.4, 0.5) is 5.00 Å². The van der Waals surface area contributed by atoms with Gasteiger partial charge in [-0.15, -0.1) is 11.3 Å². The molecule has 0 fully saturated rings. The predicted molar refractivity (Wildman–Crippen MR) is 81.6 cm³/mol. The zero-order valence-electron chi connectivity index (χ0n) is 11.5. The maximum Gasteiger partial charge on any atom is 0.339 e. The zero-order chi connectivity index (χ0) is 14.7. The molecule has 0 aliphatic rings. The average Bonchev–Trinajstić information content (AvgIpc) is 2.72. The smallest absolute Gasteiger partial charge is 0.339 e. The van der Waals surface area contributed by atoms with Gasteiger partial charge in [-0.25, -0.2) is 4.79 Å². The van der Waals surface area contributed by atoms with E-state index in [0.717, 1.165) is 22.6 Å². The van der Waals surface area contributed by atoms with Crippen molar-refractivity contribution in [2.45, 2.75) is 20.3 Å². The van der Waals surface area contributed by atoms with Gasteiger partial charge in [0.1, 0.15) is 16.3 Å². The summed E-state index contributed by atoms with van der Waals surface area (Å²) >= 11 is 1.30. The highest BCUT2D eigenvalue weighted by atomic mass is 32.1. The fourth-order valence-corrected chi connectivity index (χ4v) is 3.01. The van der Waals surface area contributed by atoms with Crippen molar-refractivity contribution in [3.8, 4) is 16.9 Å². The first-order valence-electron chi connectivity index (χ1n) is 6.40. The van der Waals surface area contributed by atoms with E-state index in [1.807, 2.05) is 38.1 Å². The Morgan fingerprint density at radius 2 is 2.00 bits per heavy atom. The molecule has 1 aromatic carbocycles. The predicted octanol–water partition coefficient (Wildman–Crippen LogP) is 3.79. The number of hydrogen-bond acceptors (Lipinski definition) is 4. The summed E-state index contributed by atoms with van der Waals surface area (Å²) in [6.45, 7) is 4.60. The first kappa shape index (κ1) is 14.4. The molecule has 2 rings (SSSR count). The molecule has 3 N–H and O–H groups in total. The third-order valence-electron chi connectivity index (χ3n) is 2.94. The Bertz CT molecular complexity index is 617. The lowest BCUT2D eigenvalue weighted by molar-refractivity contribution is 0.0699. The fraction of sp³-hybridized carbons (Fsp3) is 0.267. The van der Waals surface area contributed by atoms with Gasteiger partial charge in [-0.05, 0) is 31.0 Å². The lowest BCUT2D eigenvalue weighted by Crippen LogP contribution is -2.01. The van der Waals surface area contributed by atoms with Crippen LogP contribution in [-0.4, -0.2) is 17.7 Å². The number of rotatable bonds is 5. The van der Waals surface area contributed by atoms with Crippen LogP contribution in [0.3, 0.4) is 0 Å². The number of carbonyl (C=O) groups is 1. The van der Waals surface area contributed by atoms with Crippen molar-refractivity contribution in [2.24, 2.45) is 0 Å². The number of benzene rings is 1. The van der Waals surface area contributed by atoms with Crippen LogP contribution in [-0.2, 0) is 0 Å². The van der Waals surface area contributed by atoms with E-state index in [0.29, 0.717) is 17.2 Å². The number of carboxylic acids is 1. The van der Waals surface area contributed by atoms with Gasteiger partial charge in [-0.1, -0.05) is 19.1 Å². The Balaban J connectivity index is 2.39. The highest BCUT2D eigenvalue weighted by Gasteiger charge is 2.20. The number of ether oxygens (including phenoxy) is 1. The number of thiophene rings is 1. The van der Waals surface area contributed by atoms with E-state index < -0.39 is 5.97 Å². The molecule has 0 atom stereocenters. The molecule has 0 amide bonds. The van der Waals surface area contributed by atoms with Crippen LogP contribution in [0.5, 0.6) is 5.75 Å². The number of nitrogens with two attached hydrogens (primary N) is 1. The third-order valence-corrected chi connectivity index (χ3v) is 3.88. The van der Waals surface area contributed by atoms with Gasteiger partial charge in [0.05, 0.1) is 6.61 Å². The SMILES string of the molecule is CCCOc1ccc(-c2c(C)sc(N)c2C(=O)O)cc1. The van der Waals surface area contributed by atoms with Gasteiger partial charge >= 0.3 is 5.97 Å². The van der Waals surface area contributed by atoms with E-state index in [1.165, 1.54) is 11.3 Å². The van der Waals surface area contributed by atoms with Gasteiger partial charge < -0.3 is 15.6 Å². The van der Waals surface area contributed by atoms with Crippen LogP contribution in [0.15, 0.2) is 24.3 Å². The molecule has 0 saturated carbocycles. The zero-order valence-corrected chi connectivity index (χ0v) is 12.3. The normalized spacial score (nSPS) is 10.5.